The molecule has 100 valence electrons. The minimum absolute atomic E-state index is 0.0157. The molecule has 1 saturated carbocycles. The van der Waals surface area contributed by atoms with E-state index in [9.17, 15) is 9.59 Å². The number of carboxylic acids is 1. The molecule has 0 radical (unpaired) electrons. The van der Waals surface area contributed by atoms with Crippen molar-refractivity contribution in [2.75, 3.05) is 19.7 Å². The summed E-state index contributed by atoms with van der Waals surface area (Å²) in [6.07, 6.45) is 3.63. The highest BCUT2D eigenvalue weighted by molar-refractivity contribution is 5.88. The molecule has 1 saturated heterocycles. The number of morpholine rings is 1. The second kappa shape index (κ2) is 5.52. The van der Waals surface area contributed by atoms with Crippen molar-refractivity contribution in [3.63, 3.8) is 0 Å². The molecule has 0 aromatic heterocycles. The lowest BCUT2D eigenvalue weighted by molar-refractivity contribution is -0.145. The van der Waals surface area contributed by atoms with E-state index in [1.54, 1.807) is 11.0 Å². The van der Waals surface area contributed by atoms with Crippen LogP contribution in [-0.2, 0) is 14.3 Å². The molecule has 2 rings (SSSR count). The van der Waals surface area contributed by atoms with Crippen LogP contribution in [-0.4, -0.2) is 47.7 Å². The number of hydrogen-bond donors (Lipinski definition) is 1. The van der Waals surface area contributed by atoms with Crippen molar-refractivity contribution in [3.8, 4) is 0 Å². The zero-order chi connectivity index (χ0) is 13.1. The van der Waals surface area contributed by atoms with Crippen LogP contribution in [0.4, 0.5) is 0 Å². The summed E-state index contributed by atoms with van der Waals surface area (Å²) >= 11 is 0. The first-order valence-corrected chi connectivity index (χ1v) is 6.36. The molecule has 5 heteroatoms. The molecule has 0 aromatic carbocycles. The highest BCUT2D eigenvalue weighted by atomic mass is 16.5. The summed E-state index contributed by atoms with van der Waals surface area (Å²) in [7, 11) is 0. The van der Waals surface area contributed by atoms with Gasteiger partial charge in [0.1, 0.15) is 0 Å². The average Bonchev–Trinajstić information content (AvgIpc) is 3.12. The summed E-state index contributed by atoms with van der Waals surface area (Å²) in [5.41, 5.74) is 1.14. The monoisotopic (exact) mass is 253 g/mol. The quantitative estimate of drug-likeness (QED) is 0.760. The van der Waals surface area contributed by atoms with Gasteiger partial charge in [-0.05, 0) is 25.7 Å². The molecule has 1 N–H and O–H groups in total. The highest BCUT2D eigenvalue weighted by Gasteiger charge is 2.27. The Labute approximate surface area is 106 Å². The maximum atomic E-state index is 12.0. The van der Waals surface area contributed by atoms with E-state index >= 15 is 0 Å². The van der Waals surface area contributed by atoms with Crippen LogP contribution in [0.3, 0.4) is 0 Å². The van der Waals surface area contributed by atoms with E-state index in [1.165, 1.54) is 12.8 Å². The third-order valence-corrected chi connectivity index (χ3v) is 3.43. The van der Waals surface area contributed by atoms with Gasteiger partial charge in [-0.25, -0.2) is 0 Å². The van der Waals surface area contributed by atoms with Crippen molar-refractivity contribution < 1.29 is 19.4 Å². The lowest BCUT2D eigenvalue weighted by Crippen LogP contribution is -2.45. The third kappa shape index (κ3) is 3.57. The molecular formula is C13H19NO4. The SMILES string of the molecule is C/C(=C/C(=O)N1CCO[C@H](CC(=O)O)C1)C1CC1. The Morgan fingerprint density at radius 2 is 2.17 bits per heavy atom. The van der Waals surface area contributed by atoms with Crippen LogP contribution in [0.25, 0.3) is 0 Å². The molecule has 1 atom stereocenters. The van der Waals surface area contributed by atoms with Crippen molar-refractivity contribution >= 4 is 11.9 Å². The number of ether oxygens (including phenoxy) is 1. The zero-order valence-corrected chi connectivity index (χ0v) is 10.6. The Morgan fingerprint density at radius 1 is 1.44 bits per heavy atom. The van der Waals surface area contributed by atoms with Crippen molar-refractivity contribution in [2.45, 2.75) is 32.3 Å². The van der Waals surface area contributed by atoms with Gasteiger partial charge in [-0.3, -0.25) is 9.59 Å². The van der Waals surface area contributed by atoms with Crippen molar-refractivity contribution in [1.82, 2.24) is 4.90 Å². The van der Waals surface area contributed by atoms with Gasteiger partial charge in [0.15, 0.2) is 0 Å². The summed E-state index contributed by atoms with van der Waals surface area (Å²) in [6.45, 7) is 3.33. The van der Waals surface area contributed by atoms with Crippen LogP contribution >= 0.6 is 0 Å². The maximum absolute atomic E-state index is 12.0. The zero-order valence-electron chi connectivity index (χ0n) is 10.6. The first-order chi connectivity index (χ1) is 8.56. The van der Waals surface area contributed by atoms with Crippen LogP contribution in [0.15, 0.2) is 11.6 Å². The smallest absolute Gasteiger partial charge is 0.306 e. The Hall–Kier alpha value is -1.36. The molecule has 18 heavy (non-hydrogen) atoms. The Balaban J connectivity index is 1.89. The lowest BCUT2D eigenvalue weighted by atomic mass is 10.1. The van der Waals surface area contributed by atoms with E-state index in [1.807, 2.05) is 6.92 Å². The minimum atomic E-state index is -0.890. The fourth-order valence-electron chi connectivity index (χ4n) is 2.18. The predicted molar refractivity (Wildman–Crippen MR) is 65.1 cm³/mol. The van der Waals surface area contributed by atoms with Crippen LogP contribution in [0.1, 0.15) is 26.2 Å². The van der Waals surface area contributed by atoms with Crippen molar-refractivity contribution in [2.24, 2.45) is 5.92 Å². The van der Waals surface area contributed by atoms with Crippen LogP contribution in [0, 0.1) is 5.92 Å². The number of carbonyl (C=O) groups excluding carboxylic acids is 1. The largest absolute Gasteiger partial charge is 0.481 e. The molecule has 0 unspecified atom stereocenters. The Kier molecular flexibility index (Phi) is 4.01. The molecule has 0 aromatic rings. The minimum Gasteiger partial charge on any atom is -0.481 e. The number of aliphatic carboxylic acids is 1. The first kappa shape index (κ1) is 13.1. The number of carboxylic acid groups (broad SMARTS) is 1. The molecule has 1 heterocycles. The van der Waals surface area contributed by atoms with Gasteiger partial charge in [-0.15, -0.1) is 0 Å². The van der Waals surface area contributed by atoms with Gasteiger partial charge in [0, 0.05) is 19.2 Å². The van der Waals surface area contributed by atoms with Crippen molar-refractivity contribution in [3.05, 3.63) is 11.6 Å². The third-order valence-electron chi connectivity index (χ3n) is 3.43. The summed E-state index contributed by atoms with van der Waals surface area (Å²) in [4.78, 5) is 24.3. The van der Waals surface area contributed by atoms with Gasteiger partial charge in [-0.2, -0.15) is 0 Å². The van der Waals surface area contributed by atoms with E-state index in [4.69, 9.17) is 9.84 Å². The number of rotatable bonds is 4. The fourth-order valence-corrected chi connectivity index (χ4v) is 2.18. The number of amides is 1. The molecule has 2 aliphatic rings. The number of allylic oxidation sites excluding steroid dienone is 1. The molecule has 0 bridgehead atoms. The van der Waals surface area contributed by atoms with Gasteiger partial charge < -0.3 is 14.7 Å². The average molecular weight is 253 g/mol. The van der Waals surface area contributed by atoms with Gasteiger partial charge in [0.25, 0.3) is 0 Å². The van der Waals surface area contributed by atoms with E-state index in [0.717, 1.165) is 5.57 Å². The van der Waals surface area contributed by atoms with E-state index in [-0.39, 0.29) is 18.4 Å². The molecule has 1 aliphatic heterocycles. The molecule has 5 nitrogen and oxygen atoms in total. The van der Waals surface area contributed by atoms with Crippen LogP contribution in [0.2, 0.25) is 0 Å². The van der Waals surface area contributed by atoms with E-state index < -0.39 is 5.97 Å². The summed E-state index contributed by atoms with van der Waals surface area (Å²) in [6, 6.07) is 0. The topological polar surface area (TPSA) is 66.8 Å². The number of carbonyl (C=O) groups is 2. The Morgan fingerprint density at radius 3 is 2.78 bits per heavy atom. The van der Waals surface area contributed by atoms with E-state index in [2.05, 4.69) is 0 Å². The second-order valence-electron chi connectivity index (χ2n) is 5.04. The van der Waals surface area contributed by atoms with Gasteiger partial charge in [0.2, 0.25) is 5.91 Å². The van der Waals surface area contributed by atoms with Crippen molar-refractivity contribution in [1.29, 1.82) is 0 Å². The highest BCUT2D eigenvalue weighted by Crippen LogP contribution is 2.36. The lowest BCUT2D eigenvalue weighted by Gasteiger charge is -2.31. The molecule has 0 spiro atoms. The standard InChI is InChI=1S/C13H19NO4/c1-9(10-2-3-10)6-12(15)14-4-5-18-11(8-14)7-13(16)17/h6,10-11H,2-5,7-8H2,1H3,(H,16,17)/b9-6-/t11-/m1/s1. The summed E-state index contributed by atoms with van der Waals surface area (Å²) in [5, 5.41) is 8.72. The summed E-state index contributed by atoms with van der Waals surface area (Å²) < 4.78 is 5.34. The molecular weight excluding hydrogens is 234 g/mol. The van der Waals surface area contributed by atoms with Crippen LogP contribution in [0.5, 0.6) is 0 Å². The molecule has 1 amide bonds. The van der Waals surface area contributed by atoms with E-state index in [0.29, 0.717) is 25.6 Å². The normalized spacial score (nSPS) is 25.1. The number of hydrogen-bond acceptors (Lipinski definition) is 3. The van der Waals surface area contributed by atoms with Gasteiger partial charge in [0.05, 0.1) is 19.1 Å². The van der Waals surface area contributed by atoms with Gasteiger partial charge >= 0.3 is 5.97 Å². The second-order valence-corrected chi connectivity index (χ2v) is 5.04. The Bertz CT molecular complexity index is 373. The molecule has 2 fully saturated rings. The predicted octanol–water partition coefficient (Wildman–Crippen LogP) is 1.04. The van der Waals surface area contributed by atoms with Gasteiger partial charge in [-0.1, -0.05) is 5.57 Å². The first-order valence-electron chi connectivity index (χ1n) is 6.36. The maximum Gasteiger partial charge on any atom is 0.306 e. The number of nitrogens with zero attached hydrogens (tertiary/aromatic N) is 1. The fraction of sp³-hybridized carbons (Fsp3) is 0.692. The van der Waals surface area contributed by atoms with Crippen LogP contribution < -0.4 is 0 Å². The molecule has 1 aliphatic carbocycles. The summed E-state index contributed by atoms with van der Waals surface area (Å²) in [5.74, 6) is -0.318.